The minimum absolute atomic E-state index is 0.683. The minimum atomic E-state index is 0.683. The maximum Gasteiger partial charge on any atom is 0.141 e. The van der Waals surface area contributed by atoms with Crippen LogP contribution in [0.3, 0.4) is 0 Å². The zero-order chi connectivity index (χ0) is 19.5. The summed E-state index contributed by atoms with van der Waals surface area (Å²) in [5.74, 6) is 1.67. The molecule has 1 heterocycles. The lowest BCUT2D eigenvalue weighted by Crippen LogP contribution is -2.02. The van der Waals surface area contributed by atoms with Crippen molar-refractivity contribution in [2.75, 3.05) is 18.2 Å². The molecule has 0 fully saturated rings. The number of pyridine rings is 1. The number of hydrogen-bond donors (Lipinski definition) is 2. The zero-order valence-corrected chi connectivity index (χ0v) is 17.0. The quantitative estimate of drug-likeness (QED) is 0.386. The van der Waals surface area contributed by atoms with Crippen LogP contribution < -0.4 is 15.8 Å². The van der Waals surface area contributed by atoms with Crippen molar-refractivity contribution >= 4 is 38.3 Å². The molecule has 0 unspecified atom stereocenters. The van der Waals surface area contributed by atoms with Crippen LogP contribution in [0, 0.1) is 0 Å². The molecule has 0 aliphatic heterocycles. The second-order valence-corrected chi connectivity index (χ2v) is 7.41. The highest BCUT2D eigenvalue weighted by molar-refractivity contribution is 9.10. The summed E-state index contributed by atoms with van der Waals surface area (Å²) in [7, 11) is 1.67. The maximum atomic E-state index is 5.91. The molecule has 0 aliphatic rings. The first kappa shape index (κ1) is 18.3. The van der Waals surface area contributed by atoms with Gasteiger partial charge in [-0.1, -0.05) is 30.3 Å². The molecule has 28 heavy (non-hydrogen) atoms. The number of nitrogens with two attached hydrogens (primary N) is 1. The van der Waals surface area contributed by atoms with E-state index in [1.807, 2.05) is 48.5 Å². The van der Waals surface area contributed by atoms with Gasteiger partial charge in [0.2, 0.25) is 0 Å². The number of hydrogen-bond acceptors (Lipinski definition) is 4. The van der Waals surface area contributed by atoms with Crippen molar-refractivity contribution in [2.45, 2.75) is 6.54 Å². The number of fused-ring (bicyclic) bond motifs is 1. The summed E-state index contributed by atoms with van der Waals surface area (Å²) in [6.45, 7) is 0.683. The molecule has 0 radical (unpaired) electrons. The highest BCUT2D eigenvalue weighted by atomic mass is 79.9. The second kappa shape index (κ2) is 7.90. The number of nitrogens with zero attached hydrogens (tertiary/aromatic N) is 1. The fraction of sp³-hybridized carbons (Fsp3) is 0.0870. The van der Waals surface area contributed by atoms with Gasteiger partial charge in [-0.2, -0.15) is 0 Å². The largest absolute Gasteiger partial charge is 0.497 e. The number of aromatic nitrogens is 1. The van der Waals surface area contributed by atoms with Crippen molar-refractivity contribution < 1.29 is 4.74 Å². The number of halogens is 1. The maximum absolute atomic E-state index is 5.91. The van der Waals surface area contributed by atoms with E-state index in [0.29, 0.717) is 6.54 Å². The summed E-state index contributed by atoms with van der Waals surface area (Å²) >= 11 is 3.64. The third-order valence-corrected chi connectivity index (χ3v) is 5.21. The SMILES string of the molecule is COc1ccc(CNc2nc3ccc(-c4cccc(N)c4)cc3cc2Br)cc1. The van der Waals surface area contributed by atoms with Crippen molar-refractivity contribution in [3.63, 3.8) is 0 Å². The van der Waals surface area contributed by atoms with E-state index in [4.69, 9.17) is 15.5 Å². The van der Waals surface area contributed by atoms with E-state index in [2.05, 4.69) is 45.5 Å². The molecule has 140 valence electrons. The molecule has 0 saturated carbocycles. The van der Waals surface area contributed by atoms with Gasteiger partial charge >= 0.3 is 0 Å². The average Bonchev–Trinajstić information content (AvgIpc) is 2.72. The lowest BCUT2D eigenvalue weighted by Gasteiger charge is -2.11. The van der Waals surface area contributed by atoms with Gasteiger partial charge in [0.25, 0.3) is 0 Å². The van der Waals surface area contributed by atoms with E-state index in [1.165, 1.54) is 0 Å². The summed E-state index contributed by atoms with van der Waals surface area (Å²) in [6.07, 6.45) is 0. The van der Waals surface area contributed by atoms with Gasteiger partial charge in [-0.05, 0) is 75.1 Å². The summed E-state index contributed by atoms with van der Waals surface area (Å²) < 4.78 is 6.13. The Morgan fingerprint density at radius 2 is 1.75 bits per heavy atom. The molecular formula is C23H20BrN3O. The fourth-order valence-corrected chi connectivity index (χ4v) is 3.58. The molecule has 0 spiro atoms. The molecule has 4 nitrogen and oxygen atoms in total. The van der Waals surface area contributed by atoms with Gasteiger partial charge in [-0.15, -0.1) is 0 Å². The summed E-state index contributed by atoms with van der Waals surface area (Å²) in [4.78, 5) is 4.77. The Morgan fingerprint density at radius 1 is 0.964 bits per heavy atom. The van der Waals surface area contributed by atoms with Crippen molar-refractivity contribution in [3.05, 3.63) is 82.8 Å². The Bertz CT molecular complexity index is 1130. The van der Waals surface area contributed by atoms with E-state index >= 15 is 0 Å². The molecule has 5 heteroatoms. The summed E-state index contributed by atoms with van der Waals surface area (Å²) in [5, 5.41) is 4.47. The van der Waals surface area contributed by atoms with Gasteiger partial charge in [0.05, 0.1) is 17.1 Å². The Labute approximate surface area is 172 Å². The first-order valence-corrected chi connectivity index (χ1v) is 9.75. The van der Waals surface area contributed by atoms with E-state index in [1.54, 1.807) is 7.11 Å². The average molecular weight is 434 g/mol. The number of benzene rings is 3. The van der Waals surface area contributed by atoms with Gasteiger partial charge in [-0.3, -0.25) is 0 Å². The van der Waals surface area contributed by atoms with Crippen LogP contribution in [0.1, 0.15) is 5.56 Å². The van der Waals surface area contributed by atoms with Gasteiger partial charge in [0.15, 0.2) is 0 Å². The number of ether oxygens (including phenoxy) is 1. The molecule has 0 aliphatic carbocycles. The normalized spacial score (nSPS) is 10.8. The number of nitrogens with one attached hydrogen (secondary N) is 1. The van der Waals surface area contributed by atoms with Gasteiger partial charge in [-0.25, -0.2) is 4.98 Å². The Morgan fingerprint density at radius 3 is 2.50 bits per heavy atom. The van der Waals surface area contributed by atoms with E-state index < -0.39 is 0 Å². The smallest absolute Gasteiger partial charge is 0.141 e. The zero-order valence-electron chi connectivity index (χ0n) is 15.4. The Hall–Kier alpha value is -3.05. The molecule has 0 bridgehead atoms. The van der Waals surface area contributed by atoms with E-state index in [-0.39, 0.29) is 0 Å². The van der Waals surface area contributed by atoms with E-state index in [9.17, 15) is 0 Å². The van der Waals surface area contributed by atoms with Crippen LogP contribution in [0.15, 0.2) is 77.3 Å². The predicted molar refractivity (Wildman–Crippen MR) is 120 cm³/mol. The molecule has 0 atom stereocenters. The summed E-state index contributed by atoms with van der Waals surface area (Å²) in [5.41, 5.74) is 11.0. The molecule has 4 rings (SSSR count). The molecule has 0 saturated heterocycles. The van der Waals surface area contributed by atoms with Crippen LogP contribution in [0.2, 0.25) is 0 Å². The standard InChI is InChI=1S/C23H20BrN3O/c1-28-20-8-5-15(6-9-20)14-26-23-21(24)13-18-11-17(7-10-22(18)27-23)16-3-2-4-19(25)12-16/h2-13H,14,25H2,1H3,(H,26,27). The van der Waals surface area contributed by atoms with Crippen LogP contribution in [0.5, 0.6) is 5.75 Å². The highest BCUT2D eigenvalue weighted by Crippen LogP contribution is 2.30. The molecule has 1 aromatic heterocycles. The lowest BCUT2D eigenvalue weighted by atomic mass is 10.0. The molecule has 4 aromatic rings. The van der Waals surface area contributed by atoms with Crippen molar-refractivity contribution in [3.8, 4) is 16.9 Å². The second-order valence-electron chi connectivity index (χ2n) is 6.55. The third kappa shape index (κ3) is 3.94. The molecule has 3 N–H and O–H groups in total. The van der Waals surface area contributed by atoms with Crippen LogP contribution in [0.25, 0.3) is 22.0 Å². The number of anilines is 2. The van der Waals surface area contributed by atoms with Crippen LogP contribution in [-0.4, -0.2) is 12.1 Å². The lowest BCUT2D eigenvalue weighted by molar-refractivity contribution is 0.414. The van der Waals surface area contributed by atoms with E-state index in [0.717, 1.165) is 49.3 Å². The van der Waals surface area contributed by atoms with Crippen molar-refractivity contribution in [1.29, 1.82) is 0 Å². The first-order chi connectivity index (χ1) is 13.6. The number of methoxy groups -OCH3 is 1. The predicted octanol–water partition coefficient (Wildman–Crippen LogP) is 5.87. The molecule has 0 amide bonds. The van der Waals surface area contributed by atoms with Crippen LogP contribution >= 0.6 is 15.9 Å². The molecule has 3 aromatic carbocycles. The summed E-state index contributed by atoms with van der Waals surface area (Å²) in [6, 6.07) is 24.2. The van der Waals surface area contributed by atoms with Crippen molar-refractivity contribution in [1.82, 2.24) is 4.98 Å². The van der Waals surface area contributed by atoms with Crippen LogP contribution in [-0.2, 0) is 6.54 Å². The fourth-order valence-electron chi connectivity index (χ4n) is 3.10. The number of rotatable bonds is 5. The Balaban J connectivity index is 1.58. The van der Waals surface area contributed by atoms with Gasteiger partial charge in [0.1, 0.15) is 11.6 Å². The monoisotopic (exact) mass is 433 g/mol. The highest BCUT2D eigenvalue weighted by Gasteiger charge is 2.07. The topological polar surface area (TPSA) is 60.2 Å². The van der Waals surface area contributed by atoms with Crippen molar-refractivity contribution in [2.24, 2.45) is 0 Å². The minimum Gasteiger partial charge on any atom is -0.497 e. The van der Waals surface area contributed by atoms with Gasteiger partial charge < -0.3 is 15.8 Å². The third-order valence-electron chi connectivity index (χ3n) is 4.61. The van der Waals surface area contributed by atoms with Gasteiger partial charge in [0, 0.05) is 17.6 Å². The number of nitrogen functional groups attached to an aromatic ring is 1. The van der Waals surface area contributed by atoms with Crippen LogP contribution in [0.4, 0.5) is 11.5 Å². The first-order valence-electron chi connectivity index (χ1n) is 8.95. The Kier molecular flexibility index (Phi) is 5.17. The molecular weight excluding hydrogens is 414 g/mol.